The molecule has 2 aromatic rings. The third-order valence-corrected chi connectivity index (χ3v) is 4.00. The highest BCUT2D eigenvalue weighted by atomic mass is 35.5. The van der Waals surface area contributed by atoms with Crippen molar-refractivity contribution in [3.05, 3.63) is 35.6 Å². The Balaban J connectivity index is 0.000000277. The van der Waals surface area contributed by atoms with Crippen LogP contribution in [0.25, 0.3) is 10.8 Å². The van der Waals surface area contributed by atoms with E-state index in [-0.39, 0.29) is 0 Å². The van der Waals surface area contributed by atoms with Gasteiger partial charge in [-0.1, -0.05) is 23.7 Å². The second-order valence-electron chi connectivity index (χ2n) is 5.47. The largest absolute Gasteiger partial charge is 0.490 e. The summed E-state index contributed by atoms with van der Waals surface area (Å²) in [6, 6.07) is 8.71. The van der Waals surface area contributed by atoms with Crippen LogP contribution >= 0.6 is 11.6 Å². The van der Waals surface area contributed by atoms with E-state index >= 15 is 0 Å². The molecule has 0 saturated carbocycles. The van der Waals surface area contributed by atoms with E-state index in [1.54, 1.807) is 6.20 Å². The molecule has 3 rings (SSSR count). The smallest absolute Gasteiger partial charge is 0.475 e. The van der Waals surface area contributed by atoms with Gasteiger partial charge in [0.15, 0.2) is 0 Å². The maximum absolute atomic E-state index is 10.6. The van der Waals surface area contributed by atoms with Gasteiger partial charge >= 0.3 is 12.1 Å². The molecule has 1 aliphatic heterocycles. The highest BCUT2D eigenvalue weighted by molar-refractivity contribution is 6.34. The zero-order valence-electron chi connectivity index (χ0n) is 13.1. The van der Waals surface area contributed by atoms with Crippen LogP contribution in [-0.4, -0.2) is 41.4 Å². The zero-order valence-corrected chi connectivity index (χ0v) is 13.9. The molecule has 1 aromatic heterocycles. The number of hydrogen-bond donors (Lipinski definition) is 3. The number of aliphatic carboxylic acids is 1. The number of alkyl halides is 3. The Morgan fingerprint density at radius 1 is 1.24 bits per heavy atom. The lowest BCUT2D eigenvalue weighted by Gasteiger charge is -2.25. The van der Waals surface area contributed by atoms with Crippen molar-refractivity contribution in [1.29, 1.82) is 0 Å². The van der Waals surface area contributed by atoms with E-state index in [4.69, 9.17) is 21.5 Å². The van der Waals surface area contributed by atoms with E-state index < -0.39 is 12.1 Å². The summed E-state index contributed by atoms with van der Waals surface area (Å²) in [5.41, 5.74) is 1.16. The van der Waals surface area contributed by atoms with Gasteiger partial charge in [-0.3, -0.25) is 0 Å². The first-order valence-corrected chi connectivity index (χ1v) is 7.97. The number of nitrogens with zero attached hydrogens (tertiary/aromatic N) is 1. The van der Waals surface area contributed by atoms with Gasteiger partial charge in [0.1, 0.15) is 5.15 Å². The van der Waals surface area contributed by atoms with Crippen molar-refractivity contribution in [1.82, 2.24) is 10.3 Å². The number of benzene rings is 1. The van der Waals surface area contributed by atoms with Crippen LogP contribution in [0.15, 0.2) is 30.5 Å². The molecular weight excluding hydrogens is 359 g/mol. The van der Waals surface area contributed by atoms with Gasteiger partial charge < -0.3 is 15.7 Å². The Kier molecular flexibility index (Phi) is 6.44. The number of aromatic nitrogens is 1. The van der Waals surface area contributed by atoms with Gasteiger partial charge in [-0.25, -0.2) is 9.78 Å². The average Bonchev–Trinajstić information content (AvgIpc) is 2.56. The molecular formula is C16H17ClF3N3O2. The predicted octanol–water partition coefficient (Wildman–Crippen LogP) is 3.69. The summed E-state index contributed by atoms with van der Waals surface area (Å²) >= 11 is 6.12. The van der Waals surface area contributed by atoms with Gasteiger partial charge in [0, 0.05) is 28.7 Å². The second kappa shape index (κ2) is 8.35. The molecule has 1 aliphatic rings. The molecule has 3 N–H and O–H groups in total. The Labute approximate surface area is 147 Å². The molecule has 1 aromatic carbocycles. The summed E-state index contributed by atoms with van der Waals surface area (Å²) in [5.74, 6) is -2.76. The Morgan fingerprint density at radius 3 is 2.48 bits per heavy atom. The normalized spacial score (nSPS) is 15.4. The molecule has 0 amide bonds. The molecule has 1 saturated heterocycles. The molecule has 1 fully saturated rings. The quantitative estimate of drug-likeness (QED) is 0.698. The van der Waals surface area contributed by atoms with Crippen molar-refractivity contribution in [2.45, 2.75) is 25.1 Å². The average molecular weight is 376 g/mol. The number of carboxylic acids is 1. The molecule has 0 atom stereocenters. The first-order chi connectivity index (χ1) is 11.8. The van der Waals surface area contributed by atoms with Gasteiger partial charge in [-0.05, 0) is 38.1 Å². The minimum Gasteiger partial charge on any atom is -0.475 e. The highest BCUT2D eigenvalue weighted by Gasteiger charge is 2.38. The summed E-state index contributed by atoms with van der Waals surface area (Å²) in [4.78, 5) is 13.0. The van der Waals surface area contributed by atoms with Crippen molar-refractivity contribution < 1.29 is 23.1 Å². The van der Waals surface area contributed by atoms with Crippen LogP contribution in [0.2, 0.25) is 5.15 Å². The minimum atomic E-state index is -5.08. The van der Waals surface area contributed by atoms with Gasteiger partial charge in [0.05, 0.1) is 0 Å². The number of hydrogen-bond acceptors (Lipinski definition) is 4. The molecule has 25 heavy (non-hydrogen) atoms. The third-order valence-electron chi connectivity index (χ3n) is 3.70. The van der Waals surface area contributed by atoms with Gasteiger partial charge in [0.2, 0.25) is 0 Å². The number of fused-ring (bicyclic) bond motifs is 1. The van der Waals surface area contributed by atoms with E-state index in [9.17, 15) is 13.2 Å². The number of anilines is 1. The van der Waals surface area contributed by atoms with Gasteiger partial charge in [-0.15, -0.1) is 0 Å². The molecule has 0 aliphatic carbocycles. The number of carboxylic acid groups (broad SMARTS) is 1. The lowest BCUT2D eigenvalue weighted by Crippen LogP contribution is -2.35. The fourth-order valence-corrected chi connectivity index (χ4v) is 2.70. The fraction of sp³-hybridized carbons (Fsp3) is 0.375. The molecule has 0 spiro atoms. The second-order valence-corrected chi connectivity index (χ2v) is 5.83. The molecule has 2 heterocycles. The Hall–Kier alpha value is -2.06. The standard InChI is InChI=1S/C14H16ClN3.C2HF3O2/c15-14-12-2-1-3-13(11(12)6-9-17-14)18-10-4-7-16-8-5-10;3-2(4,5)1(6)7/h1-3,6,9-10,16,18H,4-5,7-8H2;(H,6,7). The fourth-order valence-electron chi connectivity index (χ4n) is 2.48. The lowest BCUT2D eigenvalue weighted by atomic mass is 10.0. The molecule has 9 heteroatoms. The number of rotatable bonds is 2. The zero-order chi connectivity index (χ0) is 18.4. The molecule has 136 valence electrons. The van der Waals surface area contributed by atoms with E-state index in [0.717, 1.165) is 42.4 Å². The monoisotopic (exact) mass is 375 g/mol. The third kappa shape index (κ3) is 5.47. The number of pyridine rings is 1. The molecule has 5 nitrogen and oxygen atoms in total. The lowest BCUT2D eigenvalue weighted by molar-refractivity contribution is -0.192. The van der Waals surface area contributed by atoms with Crippen LogP contribution < -0.4 is 10.6 Å². The van der Waals surface area contributed by atoms with Crippen molar-refractivity contribution in [3.63, 3.8) is 0 Å². The van der Waals surface area contributed by atoms with Gasteiger partial charge in [0.25, 0.3) is 0 Å². The van der Waals surface area contributed by atoms with Crippen molar-refractivity contribution >= 4 is 34.0 Å². The van der Waals surface area contributed by atoms with Crippen molar-refractivity contribution in [2.75, 3.05) is 18.4 Å². The predicted molar refractivity (Wildman–Crippen MR) is 90.0 cm³/mol. The van der Waals surface area contributed by atoms with Crippen LogP contribution in [0.3, 0.4) is 0 Å². The van der Waals surface area contributed by atoms with E-state index in [2.05, 4.69) is 21.7 Å². The van der Waals surface area contributed by atoms with Crippen molar-refractivity contribution in [3.8, 4) is 0 Å². The number of carbonyl (C=O) groups is 1. The minimum absolute atomic E-state index is 0.545. The first-order valence-electron chi connectivity index (χ1n) is 7.59. The molecule has 0 unspecified atom stereocenters. The Bertz CT molecular complexity index is 734. The van der Waals surface area contributed by atoms with Crippen LogP contribution in [0.5, 0.6) is 0 Å². The number of halogens is 4. The molecule has 0 radical (unpaired) electrons. The summed E-state index contributed by atoms with van der Waals surface area (Å²) < 4.78 is 31.7. The maximum Gasteiger partial charge on any atom is 0.490 e. The van der Waals surface area contributed by atoms with Crippen LogP contribution in [0, 0.1) is 0 Å². The summed E-state index contributed by atoms with van der Waals surface area (Å²) in [6.45, 7) is 2.18. The van der Waals surface area contributed by atoms with Crippen LogP contribution in [-0.2, 0) is 4.79 Å². The van der Waals surface area contributed by atoms with Crippen LogP contribution in [0.1, 0.15) is 12.8 Å². The van der Waals surface area contributed by atoms with E-state index in [0.29, 0.717) is 11.2 Å². The number of piperidine rings is 1. The van der Waals surface area contributed by atoms with Crippen LogP contribution in [0.4, 0.5) is 18.9 Å². The maximum atomic E-state index is 10.6. The summed E-state index contributed by atoms with van der Waals surface area (Å²) in [6.07, 6.45) is -0.997. The number of nitrogens with one attached hydrogen (secondary N) is 2. The topological polar surface area (TPSA) is 74.2 Å². The summed E-state index contributed by atoms with van der Waals surface area (Å²) in [7, 11) is 0. The molecule has 0 bridgehead atoms. The van der Waals surface area contributed by atoms with Gasteiger partial charge in [-0.2, -0.15) is 13.2 Å². The van der Waals surface area contributed by atoms with E-state index in [1.165, 1.54) is 0 Å². The van der Waals surface area contributed by atoms with E-state index in [1.807, 2.05) is 18.2 Å². The summed E-state index contributed by atoms with van der Waals surface area (Å²) in [5, 5.41) is 16.9. The first kappa shape index (κ1) is 19.3. The van der Waals surface area contributed by atoms with Crippen molar-refractivity contribution in [2.24, 2.45) is 0 Å². The Morgan fingerprint density at radius 2 is 1.88 bits per heavy atom. The SMILES string of the molecule is Clc1nccc2c(NC3CCNCC3)cccc12.O=C(O)C(F)(F)F. The highest BCUT2D eigenvalue weighted by Crippen LogP contribution is 2.28.